The fourth-order valence-corrected chi connectivity index (χ4v) is 2.81. The van der Waals surface area contributed by atoms with Gasteiger partial charge in [-0.1, -0.05) is 48.6 Å². The number of allylic oxidation sites excluding steroid dienone is 2. The van der Waals surface area contributed by atoms with Crippen LogP contribution in [0.15, 0.2) is 72.5 Å². The van der Waals surface area contributed by atoms with Gasteiger partial charge in [0.2, 0.25) is 11.8 Å². The minimum atomic E-state index is -0.299. The van der Waals surface area contributed by atoms with Gasteiger partial charge in [0.15, 0.2) is 0 Å². The van der Waals surface area contributed by atoms with Crippen molar-refractivity contribution in [1.82, 2.24) is 5.32 Å². The number of nitrogens with two attached hydrogens (primary N) is 1. The van der Waals surface area contributed by atoms with Crippen molar-refractivity contribution in [3.8, 4) is 11.1 Å². The van der Waals surface area contributed by atoms with Crippen LogP contribution < -0.4 is 16.4 Å². The molecular formula is C21H21N3O2. The number of hydrogen-bond acceptors (Lipinski definition) is 3. The molecule has 0 bridgehead atoms. The molecule has 2 amide bonds. The fourth-order valence-electron chi connectivity index (χ4n) is 2.81. The molecule has 2 aromatic carbocycles. The zero-order chi connectivity index (χ0) is 18.5. The third-order valence-corrected chi connectivity index (χ3v) is 4.18. The fraction of sp³-hybridized carbons (Fsp3) is 0.143. The zero-order valence-corrected chi connectivity index (χ0v) is 14.5. The second-order valence-electron chi connectivity index (χ2n) is 6.20. The molecule has 0 aliphatic heterocycles. The highest BCUT2D eigenvalue weighted by Crippen LogP contribution is 2.28. The van der Waals surface area contributed by atoms with Gasteiger partial charge in [-0.15, -0.1) is 0 Å². The molecule has 1 atom stereocenters. The van der Waals surface area contributed by atoms with E-state index in [-0.39, 0.29) is 17.7 Å². The van der Waals surface area contributed by atoms with Crippen molar-refractivity contribution >= 4 is 23.2 Å². The molecule has 2 aromatic rings. The van der Waals surface area contributed by atoms with Crippen LogP contribution >= 0.6 is 0 Å². The van der Waals surface area contributed by atoms with Gasteiger partial charge in [0.1, 0.15) is 0 Å². The number of amides is 2. The first-order valence-electron chi connectivity index (χ1n) is 8.44. The maximum atomic E-state index is 12.6. The molecule has 132 valence electrons. The Balaban J connectivity index is 1.71. The van der Waals surface area contributed by atoms with E-state index in [0.29, 0.717) is 23.5 Å². The predicted molar refractivity (Wildman–Crippen MR) is 104 cm³/mol. The quantitative estimate of drug-likeness (QED) is 0.741. The molecule has 0 fully saturated rings. The summed E-state index contributed by atoms with van der Waals surface area (Å²) < 4.78 is 0. The maximum Gasteiger partial charge on any atom is 0.231 e. The Labute approximate surface area is 152 Å². The number of hydrogen-bond donors (Lipinski definition) is 3. The summed E-state index contributed by atoms with van der Waals surface area (Å²) in [5, 5.41) is 5.62. The third kappa shape index (κ3) is 4.19. The van der Waals surface area contributed by atoms with Crippen molar-refractivity contribution in [2.45, 2.75) is 13.3 Å². The van der Waals surface area contributed by atoms with Crippen molar-refractivity contribution in [1.29, 1.82) is 0 Å². The van der Waals surface area contributed by atoms with Gasteiger partial charge in [-0.25, -0.2) is 0 Å². The van der Waals surface area contributed by atoms with Crippen molar-refractivity contribution in [3.63, 3.8) is 0 Å². The Kier molecular flexibility index (Phi) is 5.17. The van der Waals surface area contributed by atoms with E-state index in [1.54, 1.807) is 18.2 Å². The minimum absolute atomic E-state index is 0.128. The van der Waals surface area contributed by atoms with Gasteiger partial charge in [0.05, 0.1) is 17.3 Å². The molecular weight excluding hydrogens is 326 g/mol. The van der Waals surface area contributed by atoms with Crippen molar-refractivity contribution in [2.75, 3.05) is 11.1 Å². The molecule has 4 N–H and O–H groups in total. The van der Waals surface area contributed by atoms with Gasteiger partial charge in [-0.05, 0) is 35.8 Å². The van der Waals surface area contributed by atoms with Gasteiger partial charge in [0.25, 0.3) is 0 Å². The molecule has 0 radical (unpaired) electrons. The maximum absolute atomic E-state index is 12.6. The van der Waals surface area contributed by atoms with Crippen molar-refractivity contribution in [2.24, 2.45) is 5.92 Å². The lowest BCUT2D eigenvalue weighted by Gasteiger charge is -2.17. The van der Waals surface area contributed by atoms with Gasteiger partial charge in [0, 0.05) is 12.6 Å². The molecule has 5 nitrogen and oxygen atoms in total. The van der Waals surface area contributed by atoms with Crippen LogP contribution in [-0.2, 0) is 9.59 Å². The Morgan fingerprint density at radius 2 is 1.81 bits per heavy atom. The lowest BCUT2D eigenvalue weighted by molar-refractivity contribution is -0.118. The van der Waals surface area contributed by atoms with Crippen LogP contribution in [0, 0.1) is 5.92 Å². The third-order valence-electron chi connectivity index (χ3n) is 4.18. The highest BCUT2D eigenvalue weighted by atomic mass is 16.2. The van der Waals surface area contributed by atoms with E-state index in [2.05, 4.69) is 10.6 Å². The molecule has 26 heavy (non-hydrogen) atoms. The number of carbonyl (C=O) groups excluding carboxylic acids is 2. The second kappa shape index (κ2) is 7.70. The van der Waals surface area contributed by atoms with Gasteiger partial charge in [-0.3, -0.25) is 9.59 Å². The van der Waals surface area contributed by atoms with Crippen molar-refractivity contribution in [3.05, 3.63) is 72.5 Å². The Morgan fingerprint density at radius 3 is 2.46 bits per heavy atom. The van der Waals surface area contributed by atoms with Crippen LogP contribution in [0.3, 0.4) is 0 Å². The molecule has 1 unspecified atom stereocenters. The highest BCUT2D eigenvalue weighted by Gasteiger charge is 2.18. The number of rotatable bonds is 4. The molecule has 0 saturated carbocycles. The van der Waals surface area contributed by atoms with E-state index < -0.39 is 0 Å². The summed E-state index contributed by atoms with van der Waals surface area (Å²) in [7, 11) is 0. The van der Waals surface area contributed by atoms with Gasteiger partial charge < -0.3 is 16.4 Å². The van der Waals surface area contributed by atoms with Crippen LogP contribution in [0.25, 0.3) is 11.1 Å². The summed E-state index contributed by atoms with van der Waals surface area (Å²) >= 11 is 0. The molecule has 1 aliphatic carbocycles. The number of carbonyl (C=O) groups is 2. The first kappa shape index (κ1) is 17.5. The average molecular weight is 347 g/mol. The summed E-state index contributed by atoms with van der Waals surface area (Å²) in [6.45, 7) is 1.45. The largest absolute Gasteiger partial charge is 0.397 e. The van der Waals surface area contributed by atoms with Gasteiger partial charge >= 0.3 is 0 Å². The minimum Gasteiger partial charge on any atom is -0.397 e. The van der Waals surface area contributed by atoms with Crippen LogP contribution in [0.1, 0.15) is 13.3 Å². The summed E-state index contributed by atoms with van der Waals surface area (Å²) in [6, 6.07) is 15.5. The van der Waals surface area contributed by atoms with Gasteiger partial charge in [-0.2, -0.15) is 0 Å². The molecule has 0 saturated heterocycles. The normalized spacial score (nSPS) is 15.9. The van der Waals surface area contributed by atoms with Crippen LogP contribution in [0.5, 0.6) is 0 Å². The lowest BCUT2D eigenvalue weighted by Crippen LogP contribution is -2.25. The number of nitrogen functional groups attached to an aromatic ring is 1. The number of nitrogens with one attached hydrogen (secondary N) is 2. The summed E-state index contributed by atoms with van der Waals surface area (Å²) in [4.78, 5) is 23.6. The lowest BCUT2D eigenvalue weighted by atomic mass is 9.98. The van der Waals surface area contributed by atoms with Crippen LogP contribution in [0.2, 0.25) is 0 Å². The SMILES string of the molecule is CC(=O)NC1=CCC(C(=O)Nc2cc(-c3ccccc3)ccc2N)C=C1. The smallest absolute Gasteiger partial charge is 0.231 e. The summed E-state index contributed by atoms with van der Waals surface area (Å²) in [5.74, 6) is -0.558. The Morgan fingerprint density at radius 1 is 1.04 bits per heavy atom. The first-order chi connectivity index (χ1) is 12.5. The van der Waals surface area contributed by atoms with Crippen molar-refractivity contribution < 1.29 is 9.59 Å². The standard InChI is InChI=1S/C21H21N3O2/c1-14(25)23-18-10-7-16(8-11-18)21(26)24-20-13-17(9-12-19(20)22)15-5-3-2-4-6-15/h2-7,9-13,16H,8,22H2,1H3,(H,23,25)(H,24,26). The molecule has 0 aromatic heterocycles. The highest BCUT2D eigenvalue weighted by molar-refractivity contribution is 5.97. The van der Waals surface area contributed by atoms with E-state index in [0.717, 1.165) is 11.1 Å². The predicted octanol–water partition coefficient (Wildman–Crippen LogP) is 3.47. The van der Waals surface area contributed by atoms with E-state index in [4.69, 9.17) is 5.73 Å². The van der Waals surface area contributed by atoms with E-state index in [1.807, 2.05) is 48.5 Å². The summed E-state index contributed by atoms with van der Waals surface area (Å²) in [6.07, 6.45) is 5.91. The second-order valence-corrected chi connectivity index (χ2v) is 6.20. The molecule has 0 heterocycles. The average Bonchev–Trinajstić information content (AvgIpc) is 2.64. The molecule has 1 aliphatic rings. The molecule has 3 rings (SSSR count). The van der Waals surface area contributed by atoms with E-state index in [9.17, 15) is 9.59 Å². The zero-order valence-electron chi connectivity index (χ0n) is 14.5. The Hall–Kier alpha value is -3.34. The topological polar surface area (TPSA) is 84.2 Å². The van der Waals surface area contributed by atoms with Crippen LogP contribution in [-0.4, -0.2) is 11.8 Å². The first-order valence-corrected chi connectivity index (χ1v) is 8.44. The Bertz CT molecular complexity index is 885. The summed E-state index contributed by atoms with van der Waals surface area (Å²) in [5.41, 5.74) is 9.91. The van der Waals surface area contributed by atoms with E-state index >= 15 is 0 Å². The monoisotopic (exact) mass is 347 g/mol. The molecule has 0 spiro atoms. The number of benzene rings is 2. The van der Waals surface area contributed by atoms with Crippen LogP contribution in [0.4, 0.5) is 11.4 Å². The van der Waals surface area contributed by atoms with E-state index in [1.165, 1.54) is 6.92 Å². The molecule has 5 heteroatoms. The number of anilines is 2.